The maximum absolute atomic E-state index is 5.23. The zero-order valence-corrected chi connectivity index (χ0v) is 6.98. The van der Waals surface area contributed by atoms with Crippen LogP contribution >= 0.6 is 0 Å². The Hall–Kier alpha value is -1.24. The molecule has 11 heavy (non-hydrogen) atoms. The van der Waals surface area contributed by atoms with E-state index in [9.17, 15) is 0 Å². The monoisotopic (exact) mass is 148 g/mol. The minimum atomic E-state index is 0.713. The van der Waals surface area contributed by atoms with Gasteiger partial charge in [0.25, 0.3) is 0 Å². The van der Waals surface area contributed by atoms with E-state index >= 15 is 0 Å². The standard InChI is InChI=1S/C10H12O/c1-7(2)5-10-6-8(3)11-9(10)4/h5-6H,1,4H2,2-3H3/b10-5-. The summed E-state index contributed by atoms with van der Waals surface area (Å²) in [6.45, 7) is 11.4. The molecule has 0 aliphatic heterocycles. The van der Waals surface area contributed by atoms with Crippen LogP contribution in [0.4, 0.5) is 0 Å². The highest BCUT2D eigenvalue weighted by atomic mass is 16.3. The minimum Gasteiger partial charge on any atom is -0.462 e. The Morgan fingerprint density at radius 1 is 1.64 bits per heavy atom. The molecule has 1 rings (SSSR count). The van der Waals surface area contributed by atoms with Crippen LogP contribution in [0, 0.1) is 6.92 Å². The third kappa shape index (κ3) is 1.84. The van der Waals surface area contributed by atoms with Gasteiger partial charge in [0.15, 0.2) is 0 Å². The van der Waals surface area contributed by atoms with Crippen LogP contribution in [0.1, 0.15) is 12.7 Å². The predicted octanol–water partition coefficient (Wildman–Crippen LogP) is 1.35. The summed E-state index contributed by atoms with van der Waals surface area (Å²) in [6.07, 6.45) is 1.96. The van der Waals surface area contributed by atoms with Gasteiger partial charge >= 0.3 is 0 Å². The van der Waals surface area contributed by atoms with Crippen LogP contribution in [0.2, 0.25) is 0 Å². The normalized spacial score (nSPS) is 12.0. The lowest BCUT2D eigenvalue weighted by Crippen LogP contribution is -2.16. The average Bonchev–Trinajstić information content (AvgIpc) is 2.09. The van der Waals surface area contributed by atoms with Crippen molar-refractivity contribution in [3.63, 3.8) is 0 Å². The van der Waals surface area contributed by atoms with Gasteiger partial charge in [0.1, 0.15) is 11.2 Å². The molecule has 0 aliphatic carbocycles. The molecule has 1 aromatic heterocycles. The molecule has 58 valence electrons. The number of aryl methyl sites for hydroxylation is 1. The van der Waals surface area contributed by atoms with Gasteiger partial charge in [-0.25, -0.2) is 0 Å². The van der Waals surface area contributed by atoms with E-state index in [1.165, 1.54) is 0 Å². The second-order valence-corrected chi connectivity index (χ2v) is 2.73. The van der Waals surface area contributed by atoms with E-state index in [2.05, 4.69) is 13.2 Å². The van der Waals surface area contributed by atoms with E-state index in [1.807, 2.05) is 26.0 Å². The van der Waals surface area contributed by atoms with Crippen molar-refractivity contribution in [3.8, 4) is 0 Å². The highest BCUT2D eigenvalue weighted by Gasteiger charge is 1.90. The molecule has 0 saturated carbocycles. The Kier molecular flexibility index (Phi) is 1.99. The molecule has 1 heteroatoms. The molecule has 0 fully saturated rings. The highest BCUT2D eigenvalue weighted by molar-refractivity contribution is 5.43. The third-order valence-electron chi connectivity index (χ3n) is 1.37. The van der Waals surface area contributed by atoms with Crippen molar-refractivity contribution in [1.29, 1.82) is 0 Å². The molecule has 0 radical (unpaired) electrons. The number of furan rings is 1. The lowest BCUT2D eigenvalue weighted by Gasteiger charge is -1.79. The Morgan fingerprint density at radius 3 is 2.64 bits per heavy atom. The first-order valence-electron chi connectivity index (χ1n) is 3.52. The van der Waals surface area contributed by atoms with Crippen LogP contribution < -0.4 is 10.6 Å². The topological polar surface area (TPSA) is 13.1 Å². The van der Waals surface area contributed by atoms with Gasteiger partial charge in [0.2, 0.25) is 0 Å². The van der Waals surface area contributed by atoms with Crippen LogP contribution in [-0.4, -0.2) is 0 Å². The largest absolute Gasteiger partial charge is 0.462 e. The summed E-state index contributed by atoms with van der Waals surface area (Å²) >= 11 is 0. The van der Waals surface area contributed by atoms with Crippen molar-refractivity contribution in [2.45, 2.75) is 13.8 Å². The molecule has 1 aromatic rings. The SMILES string of the molecule is C=C(C)/C=c1/cc(C)oc1=C. The maximum Gasteiger partial charge on any atom is 0.127 e. The summed E-state index contributed by atoms with van der Waals surface area (Å²) in [4.78, 5) is 0. The fourth-order valence-electron chi connectivity index (χ4n) is 0.970. The molecule has 0 aliphatic rings. The van der Waals surface area contributed by atoms with Gasteiger partial charge in [-0.15, -0.1) is 0 Å². The van der Waals surface area contributed by atoms with Gasteiger partial charge < -0.3 is 4.42 Å². The Labute approximate surface area is 66.3 Å². The number of hydrogen-bond acceptors (Lipinski definition) is 1. The number of allylic oxidation sites excluding steroid dienone is 1. The van der Waals surface area contributed by atoms with Gasteiger partial charge in [0, 0.05) is 5.22 Å². The summed E-state index contributed by atoms with van der Waals surface area (Å²) in [6, 6.07) is 1.96. The van der Waals surface area contributed by atoms with E-state index < -0.39 is 0 Å². The number of rotatable bonds is 1. The Balaban J connectivity index is 3.35. The highest BCUT2D eigenvalue weighted by Crippen LogP contribution is 1.89. The van der Waals surface area contributed by atoms with Crippen molar-refractivity contribution < 1.29 is 4.42 Å². The van der Waals surface area contributed by atoms with Gasteiger partial charge in [-0.1, -0.05) is 18.7 Å². The van der Waals surface area contributed by atoms with Crippen LogP contribution in [0.5, 0.6) is 0 Å². The van der Waals surface area contributed by atoms with E-state index in [1.54, 1.807) is 0 Å². The van der Waals surface area contributed by atoms with Gasteiger partial charge in [-0.2, -0.15) is 0 Å². The predicted molar refractivity (Wildman–Crippen MR) is 47.5 cm³/mol. The molecule has 1 nitrogen and oxygen atoms in total. The summed E-state index contributed by atoms with van der Waals surface area (Å²) in [5.74, 6) is 0.891. The van der Waals surface area contributed by atoms with Crippen LogP contribution in [-0.2, 0) is 0 Å². The summed E-state index contributed by atoms with van der Waals surface area (Å²) < 4.78 is 5.23. The van der Waals surface area contributed by atoms with E-state index in [-0.39, 0.29) is 0 Å². The van der Waals surface area contributed by atoms with E-state index in [0.717, 1.165) is 16.6 Å². The quantitative estimate of drug-likeness (QED) is 0.586. The van der Waals surface area contributed by atoms with E-state index in [4.69, 9.17) is 4.42 Å². The first kappa shape index (κ1) is 7.86. The molecule has 1 heterocycles. The smallest absolute Gasteiger partial charge is 0.127 e. The summed E-state index contributed by atoms with van der Waals surface area (Å²) in [7, 11) is 0. The Morgan fingerprint density at radius 2 is 2.27 bits per heavy atom. The molecular formula is C10H12O. The second-order valence-electron chi connectivity index (χ2n) is 2.73. The second kappa shape index (κ2) is 2.79. The third-order valence-corrected chi connectivity index (χ3v) is 1.37. The molecular weight excluding hydrogens is 136 g/mol. The summed E-state index contributed by atoms with van der Waals surface area (Å²) in [5, 5.41) is 1.02. The molecule has 0 N–H and O–H groups in total. The fraction of sp³-hybridized carbons (Fsp3) is 0.200. The first-order valence-corrected chi connectivity index (χ1v) is 3.52. The molecule has 0 amide bonds. The minimum absolute atomic E-state index is 0.713. The first-order chi connectivity index (χ1) is 5.09. The molecule has 0 aromatic carbocycles. The molecule has 0 spiro atoms. The van der Waals surface area contributed by atoms with Gasteiger partial charge in [-0.05, 0) is 26.0 Å². The van der Waals surface area contributed by atoms with Crippen LogP contribution in [0.25, 0.3) is 12.7 Å². The molecule has 0 atom stereocenters. The van der Waals surface area contributed by atoms with Crippen molar-refractivity contribution >= 4 is 12.7 Å². The average molecular weight is 148 g/mol. The summed E-state index contributed by atoms with van der Waals surface area (Å²) in [5.41, 5.74) is 1.72. The maximum atomic E-state index is 5.23. The molecule has 0 unspecified atom stereocenters. The van der Waals surface area contributed by atoms with Crippen molar-refractivity contribution in [1.82, 2.24) is 0 Å². The fourth-order valence-corrected chi connectivity index (χ4v) is 0.970. The molecule has 0 bridgehead atoms. The van der Waals surface area contributed by atoms with E-state index in [0.29, 0.717) is 5.42 Å². The number of hydrogen-bond donors (Lipinski definition) is 0. The van der Waals surface area contributed by atoms with Crippen molar-refractivity contribution in [2.24, 2.45) is 0 Å². The van der Waals surface area contributed by atoms with Gasteiger partial charge in [0.05, 0.1) is 0 Å². The zero-order chi connectivity index (χ0) is 8.43. The lowest BCUT2D eigenvalue weighted by atomic mass is 10.3. The van der Waals surface area contributed by atoms with Crippen molar-refractivity contribution in [2.75, 3.05) is 0 Å². The lowest BCUT2D eigenvalue weighted by molar-refractivity contribution is 0.503. The Bertz CT molecular complexity index is 368. The van der Waals surface area contributed by atoms with Crippen molar-refractivity contribution in [3.05, 3.63) is 34.6 Å². The van der Waals surface area contributed by atoms with Crippen LogP contribution in [0.15, 0.2) is 22.6 Å². The van der Waals surface area contributed by atoms with Gasteiger partial charge in [-0.3, -0.25) is 0 Å². The molecule has 0 saturated heterocycles. The van der Waals surface area contributed by atoms with Crippen LogP contribution in [0.3, 0.4) is 0 Å². The zero-order valence-electron chi connectivity index (χ0n) is 6.98.